The lowest BCUT2D eigenvalue weighted by molar-refractivity contribution is -0.116. The number of hydrogen-bond acceptors (Lipinski definition) is 2. The highest BCUT2D eigenvalue weighted by atomic mass is 16.5. The summed E-state index contributed by atoms with van der Waals surface area (Å²) in [5, 5.41) is 2.85. The summed E-state index contributed by atoms with van der Waals surface area (Å²) in [7, 11) is 1.59. The molecule has 1 aromatic rings. The first-order valence-electron chi connectivity index (χ1n) is 4.89. The lowest BCUT2D eigenvalue weighted by Crippen LogP contribution is -2.30. The molecule has 0 unspecified atom stereocenters. The molecule has 0 fully saturated rings. The zero-order valence-corrected chi connectivity index (χ0v) is 8.57. The Morgan fingerprint density at radius 2 is 2.07 bits per heavy atom. The SMILES string of the molecule is COC1=CC(=O)N[C@@H]1Cc1ccccc1. The zero-order valence-electron chi connectivity index (χ0n) is 8.57. The van der Waals surface area contributed by atoms with Crippen LogP contribution < -0.4 is 5.32 Å². The van der Waals surface area contributed by atoms with Crippen LogP contribution in [0.1, 0.15) is 5.56 Å². The Hall–Kier alpha value is -1.77. The number of rotatable bonds is 3. The summed E-state index contributed by atoms with van der Waals surface area (Å²) in [4.78, 5) is 11.1. The molecule has 1 N–H and O–H groups in total. The van der Waals surface area contributed by atoms with Crippen LogP contribution in [0.3, 0.4) is 0 Å². The average molecular weight is 203 g/mol. The molecule has 1 aromatic carbocycles. The summed E-state index contributed by atoms with van der Waals surface area (Å²) in [5.41, 5.74) is 1.19. The van der Waals surface area contributed by atoms with Crippen molar-refractivity contribution in [1.29, 1.82) is 0 Å². The largest absolute Gasteiger partial charge is 0.499 e. The quantitative estimate of drug-likeness (QED) is 0.803. The summed E-state index contributed by atoms with van der Waals surface area (Å²) in [6.45, 7) is 0. The molecule has 78 valence electrons. The van der Waals surface area contributed by atoms with Crippen molar-refractivity contribution in [2.45, 2.75) is 12.5 Å². The van der Waals surface area contributed by atoms with E-state index in [0.29, 0.717) is 5.76 Å². The van der Waals surface area contributed by atoms with Gasteiger partial charge in [-0.25, -0.2) is 0 Å². The predicted molar refractivity (Wildman–Crippen MR) is 57.2 cm³/mol. The lowest BCUT2D eigenvalue weighted by atomic mass is 10.1. The standard InChI is InChI=1S/C12H13NO2/c1-15-11-8-12(14)13-10(11)7-9-5-3-2-4-6-9/h2-6,8,10H,7H2,1H3,(H,13,14)/t10-/m1/s1. The third-order valence-electron chi connectivity index (χ3n) is 2.45. The Morgan fingerprint density at radius 3 is 2.73 bits per heavy atom. The Morgan fingerprint density at radius 1 is 1.33 bits per heavy atom. The minimum Gasteiger partial charge on any atom is -0.499 e. The molecule has 3 heteroatoms. The molecule has 0 aliphatic carbocycles. The summed E-state index contributed by atoms with van der Waals surface area (Å²) >= 11 is 0. The molecule has 3 nitrogen and oxygen atoms in total. The maximum absolute atomic E-state index is 11.1. The number of nitrogens with one attached hydrogen (secondary N) is 1. The van der Waals surface area contributed by atoms with Gasteiger partial charge in [-0.05, 0) is 12.0 Å². The van der Waals surface area contributed by atoms with Gasteiger partial charge in [0.15, 0.2) is 0 Å². The summed E-state index contributed by atoms with van der Waals surface area (Å²) in [6.07, 6.45) is 2.28. The van der Waals surface area contributed by atoms with Gasteiger partial charge in [0, 0.05) is 6.08 Å². The van der Waals surface area contributed by atoms with Crippen LogP contribution in [0.5, 0.6) is 0 Å². The van der Waals surface area contributed by atoms with E-state index in [9.17, 15) is 4.79 Å². The average Bonchev–Trinajstić information content (AvgIpc) is 2.60. The number of carbonyl (C=O) groups is 1. The third-order valence-corrected chi connectivity index (χ3v) is 2.45. The Kier molecular flexibility index (Phi) is 2.72. The summed E-state index contributed by atoms with van der Waals surface area (Å²) in [6, 6.07) is 10.0. The molecule has 1 aliphatic heterocycles. The van der Waals surface area contributed by atoms with Gasteiger partial charge in [-0.2, -0.15) is 0 Å². The van der Waals surface area contributed by atoms with E-state index in [-0.39, 0.29) is 11.9 Å². The predicted octanol–water partition coefficient (Wildman–Crippen LogP) is 1.26. The zero-order chi connectivity index (χ0) is 10.7. The maximum Gasteiger partial charge on any atom is 0.248 e. The van der Waals surface area contributed by atoms with Crippen molar-refractivity contribution in [2.75, 3.05) is 7.11 Å². The fourth-order valence-electron chi connectivity index (χ4n) is 1.72. The first-order valence-corrected chi connectivity index (χ1v) is 4.89. The third kappa shape index (κ3) is 2.18. The first kappa shape index (κ1) is 9.77. The Balaban J connectivity index is 2.08. The highest BCUT2D eigenvalue weighted by Gasteiger charge is 2.24. The second kappa shape index (κ2) is 4.17. The minimum absolute atomic E-state index is 0.0232. The second-order valence-electron chi connectivity index (χ2n) is 3.50. The van der Waals surface area contributed by atoms with Crippen molar-refractivity contribution >= 4 is 5.91 Å². The number of hydrogen-bond donors (Lipinski definition) is 1. The molecule has 1 heterocycles. The Bertz CT molecular complexity index is 384. The van der Waals surface area contributed by atoms with Gasteiger partial charge in [-0.15, -0.1) is 0 Å². The molecule has 0 spiro atoms. The molecule has 15 heavy (non-hydrogen) atoms. The van der Waals surface area contributed by atoms with Gasteiger partial charge < -0.3 is 10.1 Å². The normalized spacial score (nSPS) is 19.7. The monoisotopic (exact) mass is 203 g/mol. The van der Waals surface area contributed by atoms with E-state index < -0.39 is 0 Å². The van der Waals surface area contributed by atoms with Crippen molar-refractivity contribution in [1.82, 2.24) is 5.32 Å². The van der Waals surface area contributed by atoms with Gasteiger partial charge in [0.25, 0.3) is 0 Å². The van der Waals surface area contributed by atoms with Crippen LogP contribution in [0.15, 0.2) is 42.2 Å². The number of ether oxygens (including phenoxy) is 1. The highest BCUT2D eigenvalue weighted by Crippen LogP contribution is 2.15. The van der Waals surface area contributed by atoms with Crippen molar-refractivity contribution in [3.05, 3.63) is 47.7 Å². The van der Waals surface area contributed by atoms with Crippen LogP contribution in [-0.4, -0.2) is 19.1 Å². The molecule has 1 atom stereocenters. The molecule has 0 bridgehead atoms. The van der Waals surface area contributed by atoms with Crippen LogP contribution in [-0.2, 0) is 16.0 Å². The Labute approximate surface area is 88.8 Å². The van der Waals surface area contributed by atoms with E-state index in [1.807, 2.05) is 30.3 Å². The lowest BCUT2D eigenvalue weighted by Gasteiger charge is -2.13. The highest BCUT2D eigenvalue weighted by molar-refractivity contribution is 5.91. The smallest absolute Gasteiger partial charge is 0.248 e. The van der Waals surface area contributed by atoms with Gasteiger partial charge in [-0.1, -0.05) is 30.3 Å². The molecule has 0 radical (unpaired) electrons. The van der Waals surface area contributed by atoms with Gasteiger partial charge in [0.2, 0.25) is 5.91 Å². The van der Waals surface area contributed by atoms with Crippen LogP contribution in [0, 0.1) is 0 Å². The summed E-state index contributed by atoms with van der Waals surface area (Å²) in [5.74, 6) is 0.636. The summed E-state index contributed by atoms with van der Waals surface area (Å²) < 4.78 is 5.14. The van der Waals surface area contributed by atoms with Crippen molar-refractivity contribution in [3.63, 3.8) is 0 Å². The number of amides is 1. The van der Waals surface area contributed by atoms with Gasteiger partial charge in [0.1, 0.15) is 5.76 Å². The molecular formula is C12H13NO2. The molecule has 0 aromatic heterocycles. The molecule has 0 saturated heterocycles. The molecule has 1 amide bonds. The van der Waals surface area contributed by atoms with E-state index in [0.717, 1.165) is 6.42 Å². The van der Waals surface area contributed by atoms with Gasteiger partial charge >= 0.3 is 0 Å². The van der Waals surface area contributed by atoms with Crippen molar-refractivity contribution < 1.29 is 9.53 Å². The van der Waals surface area contributed by atoms with E-state index in [2.05, 4.69) is 5.32 Å². The van der Waals surface area contributed by atoms with E-state index in [1.54, 1.807) is 7.11 Å². The van der Waals surface area contributed by atoms with Crippen molar-refractivity contribution in [3.8, 4) is 0 Å². The van der Waals surface area contributed by atoms with E-state index >= 15 is 0 Å². The first-order chi connectivity index (χ1) is 7.29. The molecular weight excluding hydrogens is 190 g/mol. The fraction of sp³-hybridized carbons (Fsp3) is 0.250. The van der Waals surface area contributed by atoms with Crippen molar-refractivity contribution in [2.24, 2.45) is 0 Å². The van der Waals surface area contributed by atoms with Crippen LogP contribution >= 0.6 is 0 Å². The number of carbonyl (C=O) groups excluding carboxylic acids is 1. The number of benzene rings is 1. The topological polar surface area (TPSA) is 38.3 Å². The van der Waals surface area contributed by atoms with E-state index in [4.69, 9.17) is 4.74 Å². The second-order valence-corrected chi connectivity index (χ2v) is 3.50. The number of methoxy groups -OCH3 is 1. The van der Waals surface area contributed by atoms with Gasteiger partial charge in [-0.3, -0.25) is 4.79 Å². The molecule has 1 aliphatic rings. The van der Waals surface area contributed by atoms with Crippen LogP contribution in [0.4, 0.5) is 0 Å². The molecule has 0 saturated carbocycles. The minimum atomic E-state index is -0.0761. The van der Waals surface area contributed by atoms with Crippen LogP contribution in [0.25, 0.3) is 0 Å². The van der Waals surface area contributed by atoms with Gasteiger partial charge in [0.05, 0.1) is 13.2 Å². The fourth-order valence-corrected chi connectivity index (χ4v) is 1.72. The van der Waals surface area contributed by atoms with Crippen LogP contribution in [0.2, 0.25) is 0 Å². The molecule has 2 rings (SSSR count). The van der Waals surface area contributed by atoms with E-state index in [1.165, 1.54) is 11.6 Å². The maximum atomic E-state index is 11.1.